The van der Waals surface area contributed by atoms with Gasteiger partial charge in [0.05, 0.1) is 0 Å². The highest BCUT2D eigenvalue weighted by Gasteiger charge is 2.51. The molecule has 2 rings (SSSR count). The molecule has 0 amide bonds. The molecule has 0 bridgehead atoms. The molecule has 2 N–H and O–H groups in total. The van der Waals surface area contributed by atoms with E-state index in [9.17, 15) is 14.3 Å². The summed E-state index contributed by atoms with van der Waals surface area (Å²) < 4.78 is 18.7. The number of aliphatic carboxylic acids is 1. The summed E-state index contributed by atoms with van der Waals surface area (Å²) in [4.78, 5) is 11.4. The molecule has 1 aliphatic rings. The summed E-state index contributed by atoms with van der Waals surface area (Å²) in [5.74, 6) is -1.31. The van der Waals surface area contributed by atoms with Crippen LogP contribution >= 0.6 is 0 Å². The number of rotatable bonds is 6. The lowest BCUT2D eigenvalue weighted by atomic mass is 9.94. The van der Waals surface area contributed by atoms with Crippen LogP contribution in [0, 0.1) is 11.7 Å². The highest BCUT2D eigenvalue weighted by molar-refractivity contribution is 5.80. The zero-order valence-electron chi connectivity index (χ0n) is 10.1. The third-order valence-corrected chi connectivity index (χ3v) is 3.39. The van der Waals surface area contributed by atoms with Crippen molar-refractivity contribution in [3.05, 3.63) is 30.1 Å². The molecule has 0 heterocycles. The van der Waals surface area contributed by atoms with Gasteiger partial charge in [-0.25, -0.2) is 4.39 Å². The van der Waals surface area contributed by atoms with Gasteiger partial charge in [0.1, 0.15) is 6.61 Å². The molecule has 0 spiro atoms. The maximum Gasteiger partial charge on any atom is 0.327 e. The number of hydrogen-bond acceptors (Lipinski definition) is 3. The monoisotopic (exact) mass is 253 g/mol. The Morgan fingerprint density at radius 1 is 1.56 bits per heavy atom. The third-order valence-electron chi connectivity index (χ3n) is 3.39. The number of benzene rings is 1. The minimum atomic E-state index is -1.12. The van der Waals surface area contributed by atoms with Gasteiger partial charge in [-0.05, 0) is 37.9 Å². The highest BCUT2D eigenvalue weighted by Crippen LogP contribution is 2.40. The first-order chi connectivity index (χ1) is 8.60. The largest absolute Gasteiger partial charge is 0.488 e. The van der Waals surface area contributed by atoms with E-state index in [1.165, 1.54) is 12.1 Å². The Labute approximate surface area is 105 Å². The van der Waals surface area contributed by atoms with Crippen LogP contribution < -0.4 is 10.1 Å². The van der Waals surface area contributed by atoms with E-state index >= 15 is 0 Å². The van der Waals surface area contributed by atoms with E-state index < -0.39 is 17.3 Å². The average molecular weight is 253 g/mol. The lowest BCUT2D eigenvalue weighted by molar-refractivity contribution is -0.147. The van der Waals surface area contributed by atoms with Crippen LogP contribution in [-0.4, -0.2) is 30.3 Å². The zero-order chi connectivity index (χ0) is 13.2. The second-order valence-corrected chi connectivity index (χ2v) is 4.52. The van der Waals surface area contributed by atoms with Gasteiger partial charge >= 0.3 is 5.97 Å². The van der Waals surface area contributed by atoms with Crippen molar-refractivity contribution in [3.63, 3.8) is 0 Å². The van der Waals surface area contributed by atoms with E-state index in [0.29, 0.717) is 0 Å². The van der Waals surface area contributed by atoms with Crippen LogP contribution in [0.1, 0.15) is 12.8 Å². The van der Waals surface area contributed by atoms with Gasteiger partial charge in [-0.1, -0.05) is 12.1 Å². The second-order valence-electron chi connectivity index (χ2n) is 4.52. The number of nitrogens with one attached hydrogen (secondary N) is 1. The van der Waals surface area contributed by atoms with Crippen LogP contribution in [0.15, 0.2) is 24.3 Å². The molecule has 1 aromatic rings. The minimum Gasteiger partial charge on any atom is -0.488 e. The lowest BCUT2D eigenvalue weighted by Gasteiger charge is -2.28. The molecular formula is C13H16FNO3. The molecule has 5 heteroatoms. The second kappa shape index (κ2) is 4.94. The number of carboxylic acids is 1. The van der Waals surface area contributed by atoms with Crippen molar-refractivity contribution < 1.29 is 19.0 Å². The molecule has 4 nitrogen and oxygen atoms in total. The van der Waals surface area contributed by atoms with Gasteiger partial charge in [-0.15, -0.1) is 0 Å². The van der Waals surface area contributed by atoms with Crippen LogP contribution in [-0.2, 0) is 4.79 Å². The van der Waals surface area contributed by atoms with Crippen molar-refractivity contribution in [2.24, 2.45) is 5.92 Å². The number of carbonyl (C=O) groups is 1. The van der Waals surface area contributed by atoms with Gasteiger partial charge in [0.2, 0.25) is 0 Å². The molecule has 0 aliphatic heterocycles. The van der Waals surface area contributed by atoms with Gasteiger partial charge in [0, 0.05) is 0 Å². The summed E-state index contributed by atoms with van der Waals surface area (Å²) in [6, 6.07) is 5.99. The van der Waals surface area contributed by atoms with E-state index in [2.05, 4.69) is 5.32 Å². The minimum absolute atomic E-state index is 0.0479. The maximum atomic E-state index is 13.4. The summed E-state index contributed by atoms with van der Waals surface area (Å²) in [6.45, 7) is -0.0789. The van der Waals surface area contributed by atoms with Crippen molar-refractivity contribution >= 4 is 5.97 Å². The summed E-state index contributed by atoms with van der Waals surface area (Å²) in [5.41, 5.74) is -1.12. The Morgan fingerprint density at radius 3 is 2.72 bits per heavy atom. The molecule has 1 atom stereocenters. The molecule has 18 heavy (non-hydrogen) atoms. The molecule has 1 aromatic carbocycles. The first-order valence-corrected chi connectivity index (χ1v) is 5.90. The van der Waals surface area contributed by atoms with Crippen molar-refractivity contribution in [3.8, 4) is 5.75 Å². The number of halogens is 1. The molecule has 1 saturated carbocycles. The van der Waals surface area contributed by atoms with Gasteiger partial charge < -0.3 is 15.2 Å². The van der Waals surface area contributed by atoms with Crippen LogP contribution in [0.25, 0.3) is 0 Å². The Morgan fingerprint density at radius 2 is 2.22 bits per heavy atom. The molecule has 0 aromatic heterocycles. The normalized spacial score (nSPS) is 18.1. The van der Waals surface area contributed by atoms with E-state index in [4.69, 9.17) is 4.74 Å². The number of ether oxygens (including phenoxy) is 1. The number of para-hydroxylation sites is 1. The van der Waals surface area contributed by atoms with Gasteiger partial charge in [-0.2, -0.15) is 0 Å². The lowest BCUT2D eigenvalue weighted by Crippen LogP contribution is -2.56. The van der Waals surface area contributed by atoms with Gasteiger partial charge in [-0.3, -0.25) is 4.79 Å². The standard InChI is InChI=1S/C13H16FNO3/c1-15-13(12(16)17,9-6-7-9)8-18-11-5-3-2-4-10(11)14/h2-5,9,15H,6-8H2,1H3,(H,16,17). The Bertz CT molecular complexity index is 448. The molecule has 1 fully saturated rings. The zero-order valence-corrected chi connectivity index (χ0v) is 10.1. The molecule has 98 valence electrons. The van der Waals surface area contributed by atoms with Crippen LogP contribution in [0.2, 0.25) is 0 Å². The molecule has 1 unspecified atom stereocenters. The maximum absolute atomic E-state index is 13.4. The summed E-state index contributed by atoms with van der Waals surface area (Å²) in [5, 5.41) is 12.2. The van der Waals surface area contributed by atoms with Crippen molar-refractivity contribution in [2.45, 2.75) is 18.4 Å². The number of likely N-dealkylation sites (N-methyl/N-ethyl adjacent to an activating group) is 1. The Balaban J connectivity index is 2.11. The predicted molar refractivity (Wildman–Crippen MR) is 64.0 cm³/mol. The first-order valence-electron chi connectivity index (χ1n) is 5.90. The quantitative estimate of drug-likeness (QED) is 0.809. The Kier molecular flexibility index (Phi) is 3.52. The van der Waals surface area contributed by atoms with Crippen LogP contribution in [0.4, 0.5) is 4.39 Å². The van der Waals surface area contributed by atoms with Crippen molar-refractivity contribution in [2.75, 3.05) is 13.7 Å². The van der Waals surface area contributed by atoms with E-state index in [1.54, 1.807) is 19.2 Å². The highest BCUT2D eigenvalue weighted by atomic mass is 19.1. The molecule has 1 aliphatic carbocycles. The van der Waals surface area contributed by atoms with E-state index in [0.717, 1.165) is 12.8 Å². The van der Waals surface area contributed by atoms with E-state index in [-0.39, 0.29) is 18.3 Å². The van der Waals surface area contributed by atoms with Crippen LogP contribution in [0.5, 0.6) is 5.75 Å². The number of carboxylic acid groups (broad SMARTS) is 1. The van der Waals surface area contributed by atoms with Crippen molar-refractivity contribution in [1.29, 1.82) is 0 Å². The van der Waals surface area contributed by atoms with Crippen LogP contribution in [0.3, 0.4) is 0 Å². The van der Waals surface area contributed by atoms with Crippen molar-refractivity contribution in [1.82, 2.24) is 5.32 Å². The fourth-order valence-electron chi connectivity index (χ4n) is 2.07. The first kappa shape index (κ1) is 12.8. The third kappa shape index (κ3) is 2.31. The molecule has 0 saturated heterocycles. The van der Waals surface area contributed by atoms with Gasteiger partial charge in [0.25, 0.3) is 0 Å². The summed E-state index contributed by atoms with van der Waals surface area (Å²) in [6.07, 6.45) is 1.71. The smallest absolute Gasteiger partial charge is 0.327 e. The Hall–Kier alpha value is -1.62. The summed E-state index contributed by atoms with van der Waals surface area (Å²) >= 11 is 0. The van der Waals surface area contributed by atoms with Gasteiger partial charge in [0.15, 0.2) is 17.1 Å². The average Bonchev–Trinajstić information content (AvgIpc) is 3.17. The van der Waals surface area contributed by atoms with E-state index in [1.807, 2.05) is 0 Å². The fraction of sp³-hybridized carbons (Fsp3) is 0.462. The summed E-state index contributed by atoms with van der Waals surface area (Å²) in [7, 11) is 1.59. The number of hydrogen-bond donors (Lipinski definition) is 2. The fourth-order valence-corrected chi connectivity index (χ4v) is 2.07. The SMILES string of the molecule is CNC(COc1ccccc1F)(C(=O)O)C1CC1. The molecule has 0 radical (unpaired) electrons. The molecular weight excluding hydrogens is 237 g/mol. The predicted octanol–water partition coefficient (Wildman–Crippen LogP) is 1.66. The topological polar surface area (TPSA) is 58.6 Å².